The molecule has 1 atom stereocenters. The molecular weight excluding hydrogens is 278 g/mol. The van der Waals surface area contributed by atoms with Gasteiger partial charge in [0.05, 0.1) is 0 Å². The zero-order chi connectivity index (χ0) is 13.7. The number of likely N-dealkylation sites (tertiary alicyclic amines) is 1. The Morgan fingerprint density at radius 3 is 2.60 bits per heavy atom. The first kappa shape index (κ1) is 17.2. The van der Waals surface area contributed by atoms with Gasteiger partial charge < -0.3 is 15.5 Å². The van der Waals surface area contributed by atoms with E-state index in [-0.39, 0.29) is 36.3 Å². The van der Waals surface area contributed by atoms with Gasteiger partial charge in [0.2, 0.25) is 11.8 Å². The van der Waals surface area contributed by atoms with Crippen LogP contribution in [0.5, 0.6) is 0 Å². The van der Waals surface area contributed by atoms with Gasteiger partial charge in [-0.1, -0.05) is 6.92 Å². The molecule has 2 fully saturated rings. The Labute approximate surface area is 127 Å². The Morgan fingerprint density at radius 1 is 1.25 bits per heavy atom. The quantitative estimate of drug-likeness (QED) is 0.816. The molecule has 0 spiro atoms. The molecule has 0 aromatic rings. The molecular formula is C14H26ClN3O2. The van der Waals surface area contributed by atoms with E-state index in [2.05, 4.69) is 10.6 Å². The van der Waals surface area contributed by atoms with Gasteiger partial charge in [0.25, 0.3) is 0 Å². The molecule has 6 heteroatoms. The summed E-state index contributed by atoms with van der Waals surface area (Å²) in [5, 5.41) is 6.40. The van der Waals surface area contributed by atoms with Crippen LogP contribution in [0.25, 0.3) is 0 Å². The lowest BCUT2D eigenvalue weighted by Crippen LogP contribution is -2.51. The van der Waals surface area contributed by atoms with Crippen molar-refractivity contribution < 1.29 is 9.59 Å². The van der Waals surface area contributed by atoms with Crippen LogP contribution in [0.3, 0.4) is 0 Å². The van der Waals surface area contributed by atoms with Crippen LogP contribution in [-0.4, -0.2) is 48.4 Å². The molecule has 116 valence electrons. The largest absolute Gasteiger partial charge is 0.351 e. The molecule has 0 aliphatic carbocycles. The van der Waals surface area contributed by atoms with E-state index in [1.807, 2.05) is 6.92 Å². The average molecular weight is 304 g/mol. The van der Waals surface area contributed by atoms with Crippen molar-refractivity contribution in [3.63, 3.8) is 0 Å². The minimum absolute atomic E-state index is 0. The summed E-state index contributed by atoms with van der Waals surface area (Å²) in [6.45, 7) is 4.67. The van der Waals surface area contributed by atoms with E-state index < -0.39 is 0 Å². The van der Waals surface area contributed by atoms with Gasteiger partial charge in [-0.25, -0.2) is 0 Å². The van der Waals surface area contributed by atoms with Crippen LogP contribution in [0.1, 0.15) is 45.4 Å². The summed E-state index contributed by atoms with van der Waals surface area (Å²) in [4.78, 5) is 26.1. The number of carbonyl (C=O) groups is 2. The van der Waals surface area contributed by atoms with Crippen molar-refractivity contribution in [1.82, 2.24) is 15.5 Å². The van der Waals surface area contributed by atoms with E-state index >= 15 is 0 Å². The molecule has 2 heterocycles. The Morgan fingerprint density at radius 2 is 1.95 bits per heavy atom. The van der Waals surface area contributed by atoms with E-state index in [0.29, 0.717) is 6.42 Å². The summed E-state index contributed by atoms with van der Waals surface area (Å²) in [5.74, 6) is 0.180. The fourth-order valence-corrected chi connectivity index (χ4v) is 2.96. The molecule has 2 aliphatic rings. The third kappa shape index (κ3) is 4.35. The molecule has 2 N–H and O–H groups in total. The van der Waals surface area contributed by atoms with Crippen LogP contribution in [-0.2, 0) is 9.59 Å². The number of rotatable bonds is 4. The predicted octanol–water partition coefficient (Wildman–Crippen LogP) is 1.07. The molecule has 0 bridgehead atoms. The van der Waals surface area contributed by atoms with Crippen molar-refractivity contribution in [3.8, 4) is 0 Å². The number of carbonyl (C=O) groups excluding carboxylic acids is 2. The maximum absolute atomic E-state index is 12.3. The fraction of sp³-hybridized carbons (Fsp3) is 0.857. The number of halogens is 1. The fourth-order valence-electron chi connectivity index (χ4n) is 2.96. The molecule has 1 unspecified atom stereocenters. The highest BCUT2D eigenvalue weighted by Crippen LogP contribution is 2.19. The lowest BCUT2D eigenvalue weighted by atomic mass is 10.1. The van der Waals surface area contributed by atoms with Crippen molar-refractivity contribution in [1.29, 1.82) is 0 Å². The number of hydrogen-bond acceptors (Lipinski definition) is 3. The molecule has 2 saturated heterocycles. The highest BCUT2D eigenvalue weighted by Gasteiger charge is 2.34. The van der Waals surface area contributed by atoms with Crippen molar-refractivity contribution in [3.05, 3.63) is 0 Å². The van der Waals surface area contributed by atoms with E-state index in [0.717, 1.165) is 51.7 Å². The van der Waals surface area contributed by atoms with Gasteiger partial charge in [-0.05, 0) is 45.2 Å². The van der Waals surface area contributed by atoms with Crippen molar-refractivity contribution in [2.24, 2.45) is 0 Å². The lowest BCUT2D eigenvalue weighted by molar-refractivity contribution is -0.138. The monoisotopic (exact) mass is 303 g/mol. The predicted molar refractivity (Wildman–Crippen MR) is 80.9 cm³/mol. The van der Waals surface area contributed by atoms with Gasteiger partial charge in [0, 0.05) is 19.0 Å². The number of nitrogens with one attached hydrogen (secondary N) is 2. The zero-order valence-electron chi connectivity index (χ0n) is 12.2. The second-order valence-electron chi connectivity index (χ2n) is 5.53. The molecule has 5 nitrogen and oxygen atoms in total. The molecule has 20 heavy (non-hydrogen) atoms. The number of nitrogens with zero attached hydrogens (tertiary/aromatic N) is 1. The summed E-state index contributed by atoms with van der Waals surface area (Å²) >= 11 is 0. The van der Waals surface area contributed by atoms with Gasteiger partial charge in [-0.2, -0.15) is 0 Å². The first-order valence-corrected chi connectivity index (χ1v) is 7.53. The highest BCUT2D eigenvalue weighted by atomic mass is 35.5. The third-order valence-corrected chi connectivity index (χ3v) is 4.03. The average Bonchev–Trinajstić information content (AvgIpc) is 2.89. The Bertz CT molecular complexity index is 332. The number of hydrogen-bond donors (Lipinski definition) is 2. The van der Waals surface area contributed by atoms with Crippen LogP contribution < -0.4 is 10.6 Å². The normalized spacial score (nSPS) is 23.2. The maximum Gasteiger partial charge on any atom is 0.243 e. The molecule has 0 saturated carbocycles. The number of piperidine rings is 1. The summed E-state index contributed by atoms with van der Waals surface area (Å²) in [6.07, 6.45) is 5.13. The van der Waals surface area contributed by atoms with Crippen molar-refractivity contribution in [2.75, 3.05) is 19.6 Å². The van der Waals surface area contributed by atoms with Gasteiger partial charge >= 0.3 is 0 Å². The summed E-state index contributed by atoms with van der Waals surface area (Å²) in [6, 6.07) is 0.0476. The standard InChI is InChI=1S/C14H25N3O2.ClH/c1-2-4-13(18)17-10-3-5-12(17)14(19)16-11-6-8-15-9-7-11;/h11-12,15H,2-10H2,1H3,(H,16,19);1H. The SMILES string of the molecule is CCCC(=O)N1CCCC1C(=O)NC1CCNCC1.Cl. The van der Waals surface area contributed by atoms with Crippen LogP contribution >= 0.6 is 12.4 Å². The minimum atomic E-state index is -0.228. The first-order valence-electron chi connectivity index (χ1n) is 7.53. The molecule has 2 amide bonds. The highest BCUT2D eigenvalue weighted by molar-refractivity contribution is 5.88. The molecule has 0 aromatic heterocycles. The van der Waals surface area contributed by atoms with Crippen molar-refractivity contribution >= 4 is 24.2 Å². The second kappa shape index (κ2) is 8.47. The molecule has 0 aromatic carbocycles. The number of amides is 2. The van der Waals surface area contributed by atoms with E-state index in [1.54, 1.807) is 4.90 Å². The van der Waals surface area contributed by atoms with Gasteiger partial charge in [-0.15, -0.1) is 12.4 Å². The van der Waals surface area contributed by atoms with E-state index in [4.69, 9.17) is 0 Å². The topological polar surface area (TPSA) is 61.4 Å². The van der Waals surface area contributed by atoms with Crippen molar-refractivity contribution in [2.45, 2.75) is 57.5 Å². The Balaban J connectivity index is 0.00000200. The van der Waals surface area contributed by atoms with Crippen LogP contribution in [0.15, 0.2) is 0 Å². The smallest absolute Gasteiger partial charge is 0.243 e. The molecule has 2 rings (SSSR count). The van der Waals surface area contributed by atoms with Gasteiger partial charge in [0.15, 0.2) is 0 Å². The maximum atomic E-state index is 12.3. The Kier molecular flexibility index (Phi) is 7.30. The zero-order valence-corrected chi connectivity index (χ0v) is 13.0. The lowest BCUT2D eigenvalue weighted by Gasteiger charge is -2.28. The van der Waals surface area contributed by atoms with Crippen LogP contribution in [0.4, 0.5) is 0 Å². The Hall–Kier alpha value is -0.810. The molecule has 2 aliphatic heterocycles. The van der Waals surface area contributed by atoms with Gasteiger partial charge in [0.1, 0.15) is 6.04 Å². The van der Waals surface area contributed by atoms with E-state index in [9.17, 15) is 9.59 Å². The second-order valence-corrected chi connectivity index (χ2v) is 5.53. The van der Waals surface area contributed by atoms with Gasteiger partial charge in [-0.3, -0.25) is 9.59 Å². The third-order valence-electron chi connectivity index (χ3n) is 4.03. The minimum Gasteiger partial charge on any atom is -0.351 e. The first-order chi connectivity index (χ1) is 9.22. The van der Waals surface area contributed by atoms with Crippen LogP contribution in [0.2, 0.25) is 0 Å². The molecule has 0 radical (unpaired) electrons. The van der Waals surface area contributed by atoms with E-state index in [1.165, 1.54) is 0 Å². The summed E-state index contributed by atoms with van der Waals surface area (Å²) in [7, 11) is 0. The van der Waals surface area contributed by atoms with Crippen LogP contribution in [0, 0.1) is 0 Å². The summed E-state index contributed by atoms with van der Waals surface area (Å²) < 4.78 is 0. The summed E-state index contributed by atoms with van der Waals surface area (Å²) in [5.41, 5.74) is 0.